The Morgan fingerprint density at radius 3 is 2.77 bits per heavy atom. The van der Waals surface area contributed by atoms with Gasteiger partial charge in [0.25, 0.3) is 0 Å². The van der Waals surface area contributed by atoms with Crippen molar-refractivity contribution < 1.29 is 9.21 Å². The van der Waals surface area contributed by atoms with Crippen molar-refractivity contribution in [3.05, 3.63) is 40.7 Å². The minimum absolute atomic E-state index is 0.0631. The summed E-state index contributed by atoms with van der Waals surface area (Å²) in [4.78, 5) is 25.0. The number of aryl methyl sites for hydroxylation is 1. The van der Waals surface area contributed by atoms with Gasteiger partial charge >= 0.3 is 0 Å². The summed E-state index contributed by atoms with van der Waals surface area (Å²) >= 11 is 0. The maximum Gasteiger partial charge on any atom is 0.194 e. The Hall–Kier alpha value is -2.76. The fraction of sp³-hybridized carbons (Fsp3) is 0.250. The third-order valence-corrected chi connectivity index (χ3v) is 3.80. The second kappa shape index (κ2) is 4.37. The first kappa shape index (κ1) is 12.9. The van der Waals surface area contributed by atoms with Crippen LogP contribution in [0.5, 0.6) is 0 Å². The lowest BCUT2D eigenvalue weighted by Crippen LogP contribution is -2.23. The second-order valence-corrected chi connectivity index (χ2v) is 5.41. The van der Waals surface area contributed by atoms with Gasteiger partial charge in [0.1, 0.15) is 11.5 Å². The van der Waals surface area contributed by atoms with Crippen LogP contribution in [0.25, 0.3) is 22.6 Å². The van der Waals surface area contributed by atoms with Crippen LogP contribution in [-0.2, 0) is 7.05 Å². The summed E-state index contributed by atoms with van der Waals surface area (Å²) in [5.41, 5.74) is 1.77. The number of aromatic nitrogens is 2. The van der Waals surface area contributed by atoms with Crippen LogP contribution in [0.3, 0.4) is 0 Å². The van der Waals surface area contributed by atoms with Crippen molar-refractivity contribution in [3.63, 3.8) is 0 Å². The quantitative estimate of drug-likeness (QED) is 0.674. The van der Waals surface area contributed by atoms with Gasteiger partial charge in [-0.3, -0.25) is 14.8 Å². The van der Waals surface area contributed by atoms with Crippen molar-refractivity contribution in [2.75, 3.05) is 0 Å². The van der Waals surface area contributed by atoms with E-state index in [0.717, 1.165) is 21.7 Å². The molecular formula is C16H14N4O2. The molecule has 0 spiro atoms. The van der Waals surface area contributed by atoms with Gasteiger partial charge in [-0.1, -0.05) is 0 Å². The number of rotatable bonds is 2. The number of benzene rings is 1. The van der Waals surface area contributed by atoms with Crippen LogP contribution in [-0.4, -0.2) is 21.5 Å². The van der Waals surface area contributed by atoms with Gasteiger partial charge in [-0.05, 0) is 31.2 Å². The molecule has 1 aliphatic rings. The van der Waals surface area contributed by atoms with Gasteiger partial charge in [0.2, 0.25) is 0 Å². The Bertz CT molecular complexity index is 1040. The number of furan rings is 1. The summed E-state index contributed by atoms with van der Waals surface area (Å²) in [5.74, 6) is 1.47. The highest BCUT2D eigenvalue weighted by atomic mass is 16.3. The fourth-order valence-electron chi connectivity index (χ4n) is 2.79. The lowest BCUT2D eigenvalue weighted by atomic mass is 10.3. The van der Waals surface area contributed by atoms with Crippen molar-refractivity contribution in [2.24, 2.45) is 17.0 Å². The van der Waals surface area contributed by atoms with E-state index in [2.05, 4.69) is 15.0 Å². The summed E-state index contributed by atoms with van der Waals surface area (Å²) in [6, 6.07) is 7.31. The van der Waals surface area contributed by atoms with E-state index in [4.69, 9.17) is 4.42 Å². The fourth-order valence-corrected chi connectivity index (χ4v) is 2.79. The zero-order valence-corrected chi connectivity index (χ0v) is 12.5. The molecule has 0 amide bonds. The number of Topliss-reactive ketones (excluding diaryl/α,β-unsaturated/α-hetero) is 1. The number of carbonyl (C=O) groups is 1. The molecule has 6 heteroatoms. The van der Waals surface area contributed by atoms with Crippen LogP contribution < -0.4 is 10.7 Å². The molecule has 22 heavy (non-hydrogen) atoms. The highest BCUT2D eigenvalue weighted by molar-refractivity contribution is 5.91. The first-order chi connectivity index (χ1) is 10.5. The molecule has 1 unspecified atom stereocenters. The number of imidazole rings is 1. The van der Waals surface area contributed by atoms with Crippen molar-refractivity contribution in [2.45, 2.75) is 20.0 Å². The standard InChI is InChI=1S/C16H14N4O2/c1-8(21)12-6-7-13(22-12)16-19-11-5-4-10-14(15(11)20(16)3)18-9(2)17-10/h4-7,9H,1-3H3. The zero-order chi connectivity index (χ0) is 15.4. The third kappa shape index (κ3) is 1.73. The minimum atomic E-state index is -0.103. The summed E-state index contributed by atoms with van der Waals surface area (Å²) < 4.78 is 7.53. The van der Waals surface area contributed by atoms with E-state index in [1.807, 2.05) is 30.7 Å². The van der Waals surface area contributed by atoms with Crippen molar-refractivity contribution in [1.29, 1.82) is 0 Å². The minimum Gasteiger partial charge on any atom is -0.450 e. The maximum atomic E-state index is 11.4. The molecule has 0 aliphatic carbocycles. The van der Waals surface area contributed by atoms with Gasteiger partial charge in [0, 0.05) is 14.0 Å². The van der Waals surface area contributed by atoms with E-state index >= 15 is 0 Å². The van der Waals surface area contributed by atoms with E-state index in [9.17, 15) is 4.79 Å². The van der Waals surface area contributed by atoms with Crippen LogP contribution in [0.4, 0.5) is 0 Å². The number of ketones is 1. The number of carbonyl (C=O) groups excluding carboxylic acids is 1. The summed E-state index contributed by atoms with van der Waals surface area (Å²) in [7, 11) is 1.92. The lowest BCUT2D eigenvalue weighted by molar-refractivity contribution is 0.0988. The number of fused-ring (bicyclic) bond motifs is 3. The van der Waals surface area contributed by atoms with E-state index in [1.54, 1.807) is 12.1 Å². The Morgan fingerprint density at radius 1 is 1.23 bits per heavy atom. The average molecular weight is 294 g/mol. The largest absolute Gasteiger partial charge is 0.450 e. The third-order valence-electron chi connectivity index (χ3n) is 3.80. The van der Waals surface area contributed by atoms with Gasteiger partial charge in [0.05, 0.1) is 16.4 Å². The molecule has 1 aromatic carbocycles. The molecule has 4 rings (SSSR count). The Balaban J connectivity index is 2.00. The van der Waals surface area contributed by atoms with Gasteiger partial charge in [-0.15, -0.1) is 0 Å². The van der Waals surface area contributed by atoms with Crippen LogP contribution in [0.1, 0.15) is 24.4 Å². The first-order valence-corrected chi connectivity index (χ1v) is 7.07. The van der Waals surface area contributed by atoms with Crippen LogP contribution in [0.15, 0.2) is 38.7 Å². The topological polar surface area (TPSA) is 72.8 Å². The molecule has 0 radical (unpaired) electrons. The van der Waals surface area contributed by atoms with Gasteiger partial charge < -0.3 is 8.98 Å². The molecule has 1 atom stereocenters. The smallest absolute Gasteiger partial charge is 0.194 e. The van der Waals surface area contributed by atoms with Crippen molar-refractivity contribution in [3.8, 4) is 11.6 Å². The number of hydrogen-bond acceptors (Lipinski definition) is 5. The Morgan fingerprint density at radius 2 is 2.05 bits per heavy atom. The van der Waals surface area contributed by atoms with Crippen LogP contribution in [0.2, 0.25) is 0 Å². The Kier molecular flexibility index (Phi) is 2.57. The highest BCUT2D eigenvalue weighted by Crippen LogP contribution is 2.24. The average Bonchev–Trinajstić information content (AvgIpc) is 3.14. The van der Waals surface area contributed by atoms with Crippen LogP contribution in [0, 0.1) is 0 Å². The first-order valence-electron chi connectivity index (χ1n) is 7.07. The predicted octanol–water partition coefficient (Wildman–Crippen LogP) is 1.63. The SMILES string of the molecule is CC(=O)c1ccc(-c2nc3ccc4c(c3n2C)=NC(C)N=4)o1. The molecule has 3 heterocycles. The van der Waals surface area contributed by atoms with E-state index < -0.39 is 0 Å². The molecule has 0 N–H and O–H groups in total. The number of hydrogen-bond donors (Lipinski definition) is 0. The second-order valence-electron chi connectivity index (χ2n) is 5.41. The Labute approximate surface area is 125 Å². The van der Waals surface area contributed by atoms with Crippen molar-refractivity contribution >= 4 is 16.8 Å². The molecule has 1 aliphatic heterocycles. The van der Waals surface area contributed by atoms with E-state index in [-0.39, 0.29) is 11.9 Å². The monoisotopic (exact) mass is 294 g/mol. The normalized spacial score (nSPS) is 16.4. The molecule has 0 saturated carbocycles. The van der Waals surface area contributed by atoms with Gasteiger partial charge in [0.15, 0.2) is 23.1 Å². The van der Waals surface area contributed by atoms with E-state index in [0.29, 0.717) is 17.3 Å². The number of nitrogens with zero attached hydrogens (tertiary/aromatic N) is 4. The molecule has 0 saturated heterocycles. The van der Waals surface area contributed by atoms with Crippen LogP contribution >= 0.6 is 0 Å². The summed E-state index contributed by atoms with van der Waals surface area (Å²) in [6.45, 7) is 3.43. The molecule has 6 nitrogen and oxygen atoms in total. The molecular weight excluding hydrogens is 280 g/mol. The highest BCUT2D eigenvalue weighted by Gasteiger charge is 2.18. The maximum absolute atomic E-state index is 11.4. The molecule has 110 valence electrons. The van der Waals surface area contributed by atoms with Gasteiger partial charge in [-0.2, -0.15) is 0 Å². The molecule has 0 bridgehead atoms. The molecule has 2 aromatic heterocycles. The predicted molar refractivity (Wildman–Crippen MR) is 80.2 cm³/mol. The zero-order valence-electron chi connectivity index (χ0n) is 12.5. The molecule has 0 fully saturated rings. The lowest BCUT2D eigenvalue weighted by Gasteiger charge is -1.98. The summed E-state index contributed by atoms with van der Waals surface area (Å²) in [5, 5.41) is 1.75. The van der Waals surface area contributed by atoms with E-state index in [1.165, 1.54) is 6.92 Å². The molecule has 3 aromatic rings. The van der Waals surface area contributed by atoms with Crippen molar-refractivity contribution in [1.82, 2.24) is 9.55 Å². The van der Waals surface area contributed by atoms with Gasteiger partial charge in [-0.25, -0.2) is 4.98 Å². The summed E-state index contributed by atoms with van der Waals surface area (Å²) in [6.07, 6.45) is -0.0631.